The lowest BCUT2D eigenvalue weighted by Crippen LogP contribution is -1.91. The van der Waals surface area contributed by atoms with Gasteiger partial charge in [-0.1, -0.05) is 16.8 Å². The van der Waals surface area contributed by atoms with Gasteiger partial charge in [-0.15, -0.1) is 0 Å². The maximum atomic E-state index is 6.07. The average molecular weight is 262 g/mol. The predicted octanol–water partition coefficient (Wildman–Crippen LogP) is 3.38. The fraction of sp³-hybridized carbons (Fsp3) is 0.154. The molecule has 0 spiro atoms. The van der Waals surface area contributed by atoms with Gasteiger partial charge in [-0.05, 0) is 25.1 Å². The third kappa shape index (κ3) is 1.42. The van der Waals surface area contributed by atoms with E-state index in [1.54, 1.807) is 0 Å². The second-order valence-electron chi connectivity index (χ2n) is 4.29. The van der Waals surface area contributed by atoms with Gasteiger partial charge in [-0.3, -0.25) is 0 Å². The maximum absolute atomic E-state index is 6.07. The first-order valence-corrected chi connectivity index (χ1v) is 5.92. The van der Waals surface area contributed by atoms with Crippen molar-refractivity contribution in [2.24, 2.45) is 7.05 Å². The van der Waals surface area contributed by atoms with E-state index in [0.717, 1.165) is 22.2 Å². The Bertz CT molecular complexity index is 742. The smallest absolute Gasteiger partial charge is 0.192 e. The van der Waals surface area contributed by atoms with Gasteiger partial charge < -0.3 is 14.8 Å². The molecule has 5 heteroatoms. The van der Waals surface area contributed by atoms with Gasteiger partial charge in [0.25, 0.3) is 0 Å². The zero-order valence-electron chi connectivity index (χ0n) is 10.1. The van der Waals surface area contributed by atoms with Crippen LogP contribution < -0.4 is 5.73 Å². The fourth-order valence-electron chi connectivity index (χ4n) is 2.27. The van der Waals surface area contributed by atoms with Crippen LogP contribution in [-0.4, -0.2) is 9.72 Å². The molecule has 0 bridgehead atoms. The molecule has 3 rings (SSSR count). The molecule has 2 heterocycles. The second kappa shape index (κ2) is 3.78. The largest absolute Gasteiger partial charge is 0.394 e. The molecule has 2 N–H and O–H groups in total. The fourth-order valence-corrected chi connectivity index (χ4v) is 2.44. The number of fused-ring (bicyclic) bond motifs is 1. The first-order chi connectivity index (χ1) is 8.59. The van der Waals surface area contributed by atoms with Gasteiger partial charge >= 0.3 is 0 Å². The number of hydrogen-bond donors (Lipinski definition) is 1. The van der Waals surface area contributed by atoms with E-state index in [-0.39, 0.29) is 0 Å². The zero-order valence-corrected chi connectivity index (χ0v) is 10.8. The van der Waals surface area contributed by atoms with E-state index in [1.165, 1.54) is 6.20 Å². The van der Waals surface area contributed by atoms with Crippen molar-refractivity contribution in [2.45, 2.75) is 6.92 Å². The van der Waals surface area contributed by atoms with E-state index in [1.807, 2.05) is 32.2 Å². The van der Waals surface area contributed by atoms with Crippen molar-refractivity contribution in [1.29, 1.82) is 0 Å². The number of halogens is 1. The molecular formula is C13H12ClN3O. The van der Waals surface area contributed by atoms with Gasteiger partial charge in [0.1, 0.15) is 5.69 Å². The molecule has 0 saturated heterocycles. The zero-order chi connectivity index (χ0) is 12.9. The van der Waals surface area contributed by atoms with Crippen molar-refractivity contribution < 1.29 is 4.52 Å². The molecule has 92 valence electrons. The normalized spacial score (nSPS) is 11.3. The van der Waals surface area contributed by atoms with E-state index in [2.05, 4.69) is 9.72 Å². The highest BCUT2D eigenvalue weighted by atomic mass is 35.5. The predicted molar refractivity (Wildman–Crippen MR) is 72.6 cm³/mol. The highest BCUT2D eigenvalue weighted by molar-refractivity contribution is 6.31. The lowest BCUT2D eigenvalue weighted by atomic mass is 10.1. The van der Waals surface area contributed by atoms with Crippen LogP contribution >= 0.6 is 11.6 Å². The van der Waals surface area contributed by atoms with Crippen LogP contribution in [0.1, 0.15) is 5.69 Å². The first kappa shape index (κ1) is 11.2. The summed E-state index contributed by atoms with van der Waals surface area (Å²) >= 11 is 6.07. The minimum atomic E-state index is 0.533. The van der Waals surface area contributed by atoms with Gasteiger partial charge in [-0.2, -0.15) is 0 Å². The maximum Gasteiger partial charge on any atom is 0.192 e. The summed E-state index contributed by atoms with van der Waals surface area (Å²) in [6.07, 6.45) is 1.51. The number of hydrogen-bond acceptors (Lipinski definition) is 3. The number of aromatic nitrogens is 2. The first-order valence-electron chi connectivity index (χ1n) is 5.54. The van der Waals surface area contributed by atoms with Crippen LogP contribution in [0.3, 0.4) is 0 Å². The second-order valence-corrected chi connectivity index (χ2v) is 4.73. The third-order valence-corrected chi connectivity index (χ3v) is 3.51. The standard InChI is InChI=1S/C13H12ClN3O/c1-7-12(13-10(15)6-16-18-13)9-5-8(14)3-4-11(9)17(7)2/h3-6H,15H2,1-2H3. The Kier molecular flexibility index (Phi) is 2.35. The monoisotopic (exact) mass is 261 g/mol. The van der Waals surface area contributed by atoms with E-state index in [4.69, 9.17) is 21.9 Å². The molecule has 1 aromatic carbocycles. The number of nitrogens with zero attached hydrogens (tertiary/aromatic N) is 2. The number of anilines is 1. The minimum absolute atomic E-state index is 0.533. The molecule has 4 nitrogen and oxygen atoms in total. The Morgan fingerprint density at radius 1 is 1.39 bits per heavy atom. The molecule has 0 aliphatic rings. The van der Waals surface area contributed by atoms with Crippen molar-refractivity contribution >= 4 is 28.2 Å². The van der Waals surface area contributed by atoms with Crippen LogP contribution in [-0.2, 0) is 7.05 Å². The average Bonchev–Trinajstić information content (AvgIpc) is 2.84. The van der Waals surface area contributed by atoms with Crippen LogP contribution in [0.15, 0.2) is 28.9 Å². The van der Waals surface area contributed by atoms with E-state index in [0.29, 0.717) is 16.5 Å². The van der Waals surface area contributed by atoms with Gasteiger partial charge in [0.2, 0.25) is 0 Å². The molecule has 18 heavy (non-hydrogen) atoms. The Labute approximate surface area is 109 Å². The van der Waals surface area contributed by atoms with Crippen molar-refractivity contribution in [1.82, 2.24) is 9.72 Å². The molecule has 3 aromatic rings. The van der Waals surface area contributed by atoms with Crippen LogP contribution in [0.4, 0.5) is 5.69 Å². The van der Waals surface area contributed by atoms with Gasteiger partial charge in [0.15, 0.2) is 5.76 Å². The van der Waals surface area contributed by atoms with Crippen LogP contribution in [0.5, 0.6) is 0 Å². The van der Waals surface area contributed by atoms with Crippen LogP contribution in [0.2, 0.25) is 5.02 Å². The number of benzene rings is 1. The van der Waals surface area contributed by atoms with Crippen molar-refractivity contribution in [3.63, 3.8) is 0 Å². The summed E-state index contributed by atoms with van der Waals surface area (Å²) in [5.41, 5.74) is 9.51. The number of aryl methyl sites for hydroxylation is 1. The topological polar surface area (TPSA) is 57.0 Å². The van der Waals surface area contributed by atoms with Crippen molar-refractivity contribution in [3.8, 4) is 11.3 Å². The van der Waals surface area contributed by atoms with Crippen molar-refractivity contribution in [3.05, 3.63) is 35.1 Å². The summed E-state index contributed by atoms with van der Waals surface area (Å²) in [4.78, 5) is 0. The Morgan fingerprint density at radius 3 is 2.83 bits per heavy atom. The summed E-state index contributed by atoms with van der Waals surface area (Å²) < 4.78 is 7.35. The molecule has 0 fully saturated rings. The summed E-state index contributed by atoms with van der Waals surface area (Å²) in [7, 11) is 2.00. The molecule has 0 aliphatic heterocycles. The SMILES string of the molecule is Cc1c(-c2oncc2N)c2cc(Cl)ccc2n1C. The highest BCUT2D eigenvalue weighted by Gasteiger charge is 2.19. The summed E-state index contributed by atoms with van der Waals surface area (Å²) in [5, 5.41) is 5.44. The summed E-state index contributed by atoms with van der Waals surface area (Å²) in [6.45, 7) is 2.02. The van der Waals surface area contributed by atoms with E-state index in [9.17, 15) is 0 Å². The Balaban J connectivity index is 2.45. The third-order valence-electron chi connectivity index (χ3n) is 3.28. The molecule has 0 radical (unpaired) electrons. The summed E-state index contributed by atoms with van der Waals surface area (Å²) in [5.74, 6) is 0.598. The molecule has 0 unspecified atom stereocenters. The van der Waals surface area contributed by atoms with E-state index >= 15 is 0 Å². The number of nitrogens with two attached hydrogens (primary N) is 1. The van der Waals surface area contributed by atoms with Gasteiger partial charge in [-0.25, -0.2) is 0 Å². The molecule has 0 saturated carbocycles. The lowest BCUT2D eigenvalue weighted by molar-refractivity contribution is 0.432. The molecule has 0 atom stereocenters. The summed E-state index contributed by atoms with van der Waals surface area (Å²) in [6, 6.07) is 5.78. The molecule has 0 amide bonds. The van der Waals surface area contributed by atoms with Gasteiger partial charge in [0.05, 0.1) is 11.8 Å². The van der Waals surface area contributed by atoms with Gasteiger partial charge in [0, 0.05) is 28.7 Å². The highest BCUT2D eigenvalue weighted by Crippen LogP contribution is 2.37. The lowest BCUT2D eigenvalue weighted by Gasteiger charge is -1.99. The molecular weight excluding hydrogens is 250 g/mol. The number of nitrogen functional groups attached to an aromatic ring is 1. The molecule has 0 aliphatic carbocycles. The van der Waals surface area contributed by atoms with Crippen LogP contribution in [0, 0.1) is 6.92 Å². The molecule has 2 aromatic heterocycles. The van der Waals surface area contributed by atoms with Crippen LogP contribution in [0.25, 0.3) is 22.2 Å². The number of rotatable bonds is 1. The van der Waals surface area contributed by atoms with E-state index < -0.39 is 0 Å². The minimum Gasteiger partial charge on any atom is -0.394 e. The Morgan fingerprint density at radius 2 is 2.17 bits per heavy atom. The van der Waals surface area contributed by atoms with Crippen molar-refractivity contribution in [2.75, 3.05) is 5.73 Å². The quantitative estimate of drug-likeness (QED) is 0.731. The Hall–Kier alpha value is -1.94.